The molecule has 1 atom stereocenters. The maximum atomic E-state index is 12.5. The largest absolute Gasteiger partial charge is 0.383 e. The maximum absolute atomic E-state index is 12.5. The third-order valence-electron chi connectivity index (χ3n) is 4.54. The minimum Gasteiger partial charge on any atom is -0.383 e. The van der Waals surface area contributed by atoms with E-state index in [1.54, 1.807) is 13.2 Å². The van der Waals surface area contributed by atoms with Crippen molar-refractivity contribution in [2.45, 2.75) is 38.1 Å². The van der Waals surface area contributed by atoms with Crippen molar-refractivity contribution >= 4 is 17.5 Å². The van der Waals surface area contributed by atoms with E-state index in [4.69, 9.17) is 20.9 Å². The van der Waals surface area contributed by atoms with Crippen LogP contribution >= 0.6 is 11.6 Å². The van der Waals surface area contributed by atoms with Crippen LogP contribution in [0.3, 0.4) is 0 Å². The Kier molecular flexibility index (Phi) is 6.09. The third-order valence-corrected chi connectivity index (χ3v) is 4.72. The summed E-state index contributed by atoms with van der Waals surface area (Å²) in [6.45, 7) is 2.94. The zero-order valence-corrected chi connectivity index (χ0v) is 15.1. The predicted molar refractivity (Wildman–Crippen MR) is 92.5 cm³/mol. The van der Waals surface area contributed by atoms with Gasteiger partial charge >= 0.3 is 0 Å². The van der Waals surface area contributed by atoms with E-state index in [-0.39, 0.29) is 11.8 Å². The number of aryl methyl sites for hydroxylation is 1. The van der Waals surface area contributed by atoms with Gasteiger partial charge < -0.3 is 18.7 Å². The van der Waals surface area contributed by atoms with Crippen molar-refractivity contribution in [1.82, 2.24) is 19.6 Å². The average molecular weight is 367 g/mol. The molecule has 1 aliphatic rings. The van der Waals surface area contributed by atoms with E-state index < -0.39 is 0 Å². The van der Waals surface area contributed by atoms with E-state index >= 15 is 0 Å². The Labute approximate surface area is 151 Å². The number of imidazole rings is 1. The van der Waals surface area contributed by atoms with Crippen molar-refractivity contribution in [2.75, 3.05) is 26.8 Å². The van der Waals surface area contributed by atoms with Crippen molar-refractivity contribution in [3.05, 3.63) is 35.2 Å². The van der Waals surface area contributed by atoms with Gasteiger partial charge in [0.05, 0.1) is 6.61 Å². The Hall–Kier alpha value is -1.86. The van der Waals surface area contributed by atoms with Crippen molar-refractivity contribution in [1.29, 1.82) is 0 Å². The van der Waals surface area contributed by atoms with Gasteiger partial charge in [-0.05, 0) is 12.8 Å². The molecule has 1 saturated heterocycles. The van der Waals surface area contributed by atoms with Crippen LogP contribution in [0.4, 0.5) is 0 Å². The number of ether oxygens (including phenoxy) is 1. The van der Waals surface area contributed by atoms with E-state index in [9.17, 15) is 4.79 Å². The molecule has 0 aliphatic carbocycles. The molecule has 0 aromatic carbocycles. The topological polar surface area (TPSA) is 73.4 Å². The summed E-state index contributed by atoms with van der Waals surface area (Å²) in [6, 6.07) is 1.65. The van der Waals surface area contributed by atoms with Crippen LogP contribution in [0.5, 0.6) is 0 Å². The summed E-state index contributed by atoms with van der Waals surface area (Å²) in [5, 5.41) is 3.95. The fraction of sp³-hybridized carbons (Fsp3) is 0.588. The second kappa shape index (κ2) is 8.49. The molecule has 0 spiro atoms. The molecule has 8 heteroatoms. The molecule has 7 nitrogen and oxygen atoms in total. The lowest BCUT2D eigenvalue weighted by atomic mass is 9.96. The Morgan fingerprint density at radius 2 is 2.40 bits per heavy atom. The van der Waals surface area contributed by atoms with Gasteiger partial charge in [-0.2, -0.15) is 0 Å². The van der Waals surface area contributed by atoms with Crippen LogP contribution < -0.4 is 0 Å². The van der Waals surface area contributed by atoms with Gasteiger partial charge in [0, 0.05) is 64.0 Å². The molecule has 3 rings (SSSR count). The van der Waals surface area contributed by atoms with Gasteiger partial charge in [0.2, 0.25) is 5.91 Å². The first-order chi connectivity index (χ1) is 12.2. The first-order valence-corrected chi connectivity index (χ1v) is 8.94. The van der Waals surface area contributed by atoms with Crippen molar-refractivity contribution in [2.24, 2.45) is 0 Å². The first-order valence-electron chi connectivity index (χ1n) is 8.56. The summed E-state index contributed by atoms with van der Waals surface area (Å²) < 4.78 is 12.3. The lowest BCUT2D eigenvalue weighted by Gasteiger charge is -2.32. The number of carbonyl (C=O) groups is 1. The van der Waals surface area contributed by atoms with Crippen molar-refractivity contribution in [3.63, 3.8) is 0 Å². The number of piperidine rings is 1. The van der Waals surface area contributed by atoms with E-state index in [2.05, 4.69) is 14.7 Å². The molecule has 0 radical (unpaired) electrons. The Morgan fingerprint density at radius 1 is 1.52 bits per heavy atom. The number of rotatable bonds is 7. The minimum atomic E-state index is 0.132. The van der Waals surface area contributed by atoms with E-state index in [1.165, 1.54) is 0 Å². The molecule has 2 aromatic heterocycles. The molecule has 1 amide bonds. The van der Waals surface area contributed by atoms with Crippen LogP contribution in [-0.2, 0) is 22.5 Å². The summed E-state index contributed by atoms with van der Waals surface area (Å²) in [6.07, 6.45) is 6.74. The average Bonchev–Trinajstić information content (AvgIpc) is 3.26. The number of methoxy groups -OCH3 is 1. The number of hydrogen-bond acceptors (Lipinski definition) is 5. The highest BCUT2D eigenvalue weighted by molar-refractivity contribution is 6.29. The lowest BCUT2D eigenvalue weighted by Crippen LogP contribution is -2.40. The summed E-state index contributed by atoms with van der Waals surface area (Å²) in [5.74, 6) is 2.08. The Morgan fingerprint density at radius 3 is 3.16 bits per heavy atom. The molecule has 0 N–H and O–H groups in total. The number of aromatic nitrogens is 3. The number of amides is 1. The smallest absolute Gasteiger partial charge is 0.223 e. The Balaban J connectivity index is 1.57. The number of likely N-dealkylation sites (tertiary alicyclic amines) is 1. The van der Waals surface area contributed by atoms with Gasteiger partial charge in [0.25, 0.3) is 0 Å². The summed E-state index contributed by atoms with van der Waals surface area (Å²) >= 11 is 5.73. The molecule has 2 aromatic rings. The zero-order valence-electron chi connectivity index (χ0n) is 14.4. The standard InChI is InChI=1S/C17H23ClN4O3/c1-24-10-9-21-8-6-19-17(21)13-3-2-7-22(12-13)16(23)5-4-14-11-15(18)20-25-14/h6,8,11,13H,2-5,7,9-10,12H2,1H3. The normalized spacial score (nSPS) is 17.8. The lowest BCUT2D eigenvalue weighted by molar-refractivity contribution is -0.132. The molecule has 1 unspecified atom stereocenters. The zero-order chi connectivity index (χ0) is 17.6. The molecule has 25 heavy (non-hydrogen) atoms. The quantitative estimate of drug-likeness (QED) is 0.752. The van der Waals surface area contributed by atoms with Gasteiger partial charge in [-0.15, -0.1) is 0 Å². The van der Waals surface area contributed by atoms with Crippen LogP contribution in [-0.4, -0.2) is 52.3 Å². The number of hydrogen-bond donors (Lipinski definition) is 0. The van der Waals surface area contributed by atoms with Gasteiger partial charge in [-0.25, -0.2) is 4.98 Å². The molecule has 3 heterocycles. The van der Waals surface area contributed by atoms with Crippen LogP contribution in [0.25, 0.3) is 0 Å². The highest BCUT2D eigenvalue weighted by Crippen LogP contribution is 2.26. The third kappa shape index (κ3) is 4.61. The molecule has 0 bridgehead atoms. The minimum absolute atomic E-state index is 0.132. The monoisotopic (exact) mass is 366 g/mol. The highest BCUT2D eigenvalue weighted by atomic mass is 35.5. The van der Waals surface area contributed by atoms with Crippen molar-refractivity contribution < 1.29 is 14.1 Å². The van der Waals surface area contributed by atoms with Gasteiger partial charge in [-0.3, -0.25) is 4.79 Å². The second-order valence-corrected chi connectivity index (χ2v) is 6.65. The summed E-state index contributed by atoms with van der Waals surface area (Å²) in [4.78, 5) is 19.0. The van der Waals surface area contributed by atoms with Crippen LogP contribution in [0.1, 0.15) is 36.8 Å². The van der Waals surface area contributed by atoms with Gasteiger partial charge in [-0.1, -0.05) is 16.8 Å². The molecule has 0 saturated carbocycles. The molecule has 1 aliphatic heterocycles. The number of halogens is 1. The number of nitrogens with zero attached hydrogens (tertiary/aromatic N) is 4. The fourth-order valence-electron chi connectivity index (χ4n) is 3.27. The number of carbonyl (C=O) groups excluding carboxylic acids is 1. The molecule has 1 fully saturated rings. The highest BCUT2D eigenvalue weighted by Gasteiger charge is 2.27. The van der Waals surface area contributed by atoms with Crippen molar-refractivity contribution in [3.8, 4) is 0 Å². The Bertz CT molecular complexity index is 700. The van der Waals surface area contributed by atoms with Crippen LogP contribution in [0, 0.1) is 0 Å². The maximum Gasteiger partial charge on any atom is 0.223 e. The molecular formula is C17H23ClN4O3. The van der Waals surface area contributed by atoms with E-state index in [0.717, 1.165) is 31.8 Å². The summed E-state index contributed by atoms with van der Waals surface area (Å²) in [7, 11) is 1.69. The van der Waals surface area contributed by atoms with Gasteiger partial charge in [0.1, 0.15) is 11.6 Å². The van der Waals surface area contributed by atoms with Crippen LogP contribution in [0.2, 0.25) is 5.15 Å². The predicted octanol–water partition coefficient (Wildman–Crippen LogP) is 2.51. The van der Waals surface area contributed by atoms with E-state index in [1.807, 2.05) is 17.3 Å². The second-order valence-electron chi connectivity index (χ2n) is 6.27. The molecular weight excluding hydrogens is 344 g/mol. The first kappa shape index (κ1) is 17.9. The van der Waals surface area contributed by atoms with E-state index in [0.29, 0.717) is 36.9 Å². The van der Waals surface area contributed by atoms with Crippen LogP contribution in [0.15, 0.2) is 23.0 Å². The SMILES string of the molecule is COCCn1ccnc1C1CCCN(C(=O)CCc2cc(Cl)no2)C1. The van der Waals surface area contributed by atoms with Gasteiger partial charge in [0.15, 0.2) is 5.15 Å². The summed E-state index contributed by atoms with van der Waals surface area (Å²) in [5.41, 5.74) is 0. The fourth-order valence-corrected chi connectivity index (χ4v) is 3.42. The molecule has 136 valence electrons.